The summed E-state index contributed by atoms with van der Waals surface area (Å²) in [5.74, 6) is 1.44. The molecule has 0 aliphatic carbocycles. The third-order valence-electron chi connectivity index (χ3n) is 5.73. The van der Waals surface area contributed by atoms with Gasteiger partial charge in [-0.1, -0.05) is 18.2 Å². The molecule has 0 aromatic heterocycles. The number of hydrogen-bond donors (Lipinski definition) is 2. The van der Waals surface area contributed by atoms with Crippen LogP contribution in [0.25, 0.3) is 0 Å². The predicted octanol–water partition coefficient (Wildman–Crippen LogP) is 4.82. The Labute approximate surface area is 206 Å². The Morgan fingerprint density at radius 1 is 0.714 bits per heavy atom. The number of likely N-dealkylation sites (tertiary alicyclic amines) is 1. The number of carbonyl (C=O) groups is 2. The van der Waals surface area contributed by atoms with Crippen molar-refractivity contribution in [2.75, 3.05) is 43.5 Å². The smallest absolute Gasteiger partial charge is 0.253 e. The minimum Gasteiger partial charge on any atom is -0.490 e. The van der Waals surface area contributed by atoms with Crippen LogP contribution in [0.5, 0.6) is 11.5 Å². The Morgan fingerprint density at radius 2 is 1.31 bits per heavy atom. The average molecular weight is 474 g/mol. The van der Waals surface area contributed by atoms with E-state index in [1.165, 1.54) is 6.42 Å². The lowest BCUT2D eigenvalue weighted by atomic mass is 10.1. The van der Waals surface area contributed by atoms with Gasteiger partial charge in [0.15, 0.2) is 0 Å². The molecule has 0 radical (unpaired) electrons. The molecule has 1 fully saturated rings. The first-order chi connectivity index (χ1) is 17.2. The van der Waals surface area contributed by atoms with Crippen LogP contribution in [-0.2, 0) is 4.79 Å². The van der Waals surface area contributed by atoms with Crippen molar-refractivity contribution in [3.8, 4) is 11.5 Å². The van der Waals surface area contributed by atoms with Crippen LogP contribution in [0, 0.1) is 0 Å². The zero-order valence-electron chi connectivity index (χ0n) is 19.7. The van der Waals surface area contributed by atoms with Gasteiger partial charge >= 0.3 is 0 Å². The molecule has 1 aliphatic heterocycles. The molecule has 35 heavy (non-hydrogen) atoms. The summed E-state index contributed by atoms with van der Waals surface area (Å²) in [6, 6.07) is 24.1. The van der Waals surface area contributed by atoms with E-state index in [4.69, 9.17) is 9.47 Å². The van der Waals surface area contributed by atoms with Gasteiger partial charge in [0.25, 0.3) is 5.91 Å². The number of carbonyl (C=O) groups excluding carboxylic acids is 2. The van der Waals surface area contributed by atoms with E-state index in [9.17, 15) is 9.59 Å². The number of benzene rings is 3. The molecule has 0 unspecified atom stereocenters. The number of nitrogens with zero attached hydrogens (tertiary/aromatic N) is 1. The van der Waals surface area contributed by atoms with Crippen molar-refractivity contribution in [1.29, 1.82) is 0 Å². The number of piperidine rings is 1. The Hall–Kier alpha value is -4.00. The van der Waals surface area contributed by atoms with E-state index in [0.29, 0.717) is 24.5 Å². The number of ether oxygens (including phenoxy) is 2. The number of hydrogen-bond acceptors (Lipinski definition) is 5. The highest BCUT2D eigenvalue weighted by atomic mass is 16.5. The number of nitrogens with one attached hydrogen (secondary N) is 2. The van der Waals surface area contributed by atoms with Gasteiger partial charge in [-0.25, -0.2) is 0 Å². The van der Waals surface area contributed by atoms with Gasteiger partial charge in [-0.15, -0.1) is 0 Å². The summed E-state index contributed by atoms with van der Waals surface area (Å²) in [5.41, 5.74) is 2.13. The molecule has 3 aromatic rings. The minimum atomic E-state index is -0.168. The molecule has 182 valence electrons. The normalized spacial score (nSPS) is 13.1. The van der Waals surface area contributed by atoms with Crippen LogP contribution in [0.15, 0.2) is 78.9 Å². The topological polar surface area (TPSA) is 79.9 Å². The second kappa shape index (κ2) is 12.5. The average Bonchev–Trinajstić information content (AvgIpc) is 2.92. The summed E-state index contributed by atoms with van der Waals surface area (Å²) < 4.78 is 11.3. The first-order valence-electron chi connectivity index (χ1n) is 12.0. The lowest BCUT2D eigenvalue weighted by Crippen LogP contribution is -2.35. The lowest BCUT2D eigenvalue weighted by molar-refractivity contribution is -0.114. The van der Waals surface area contributed by atoms with E-state index in [1.54, 1.807) is 24.3 Å². The van der Waals surface area contributed by atoms with Crippen molar-refractivity contribution >= 4 is 23.2 Å². The number of anilines is 2. The third-order valence-corrected chi connectivity index (χ3v) is 5.73. The molecule has 4 rings (SSSR count). The molecular weight excluding hydrogens is 442 g/mol. The van der Waals surface area contributed by atoms with Crippen molar-refractivity contribution in [2.24, 2.45) is 0 Å². The Bertz CT molecular complexity index is 1080. The molecule has 2 N–H and O–H groups in total. The van der Waals surface area contributed by atoms with Crippen molar-refractivity contribution in [1.82, 2.24) is 4.90 Å². The van der Waals surface area contributed by atoms with Gasteiger partial charge in [0.05, 0.1) is 6.54 Å². The maximum Gasteiger partial charge on any atom is 0.253 e. The fourth-order valence-corrected chi connectivity index (χ4v) is 3.87. The highest BCUT2D eigenvalue weighted by molar-refractivity contribution is 5.96. The molecule has 7 nitrogen and oxygen atoms in total. The SMILES string of the molecule is O=C(CNc1ccc(OCCOc2ccccc2)cc1)Nc1ccc(C(=O)N2CCCCC2)cc1. The van der Waals surface area contributed by atoms with Crippen LogP contribution in [-0.4, -0.2) is 49.6 Å². The molecule has 1 aliphatic rings. The zero-order valence-corrected chi connectivity index (χ0v) is 19.7. The van der Waals surface area contributed by atoms with Crippen LogP contribution in [0.4, 0.5) is 11.4 Å². The van der Waals surface area contributed by atoms with Crippen LogP contribution < -0.4 is 20.1 Å². The Balaban J connectivity index is 1.16. The maximum absolute atomic E-state index is 12.6. The summed E-state index contributed by atoms with van der Waals surface area (Å²) >= 11 is 0. The fraction of sp³-hybridized carbons (Fsp3) is 0.286. The van der Waals surface area contributed by atoms with Gasteiger partial charge in [0, 0.05) is 30.0 Å². The van der Waals surface area contributed by atoms with E-state index in [0.717, 1.165) is 43.1 Å². The summed E-state index contributed by atoms with van der Waals surface area (Å²) in [6.45, 7) is 2.65. The molecule has 3 aromatic carbocycles. The Morgan fingerprint density at radius 3 is 1.97 bits per heavy atom. The number of para-hydroxylation sites is 1. The molecule has 0 spiro atoms. The standard InChI is InChI=1S/C28H31N3O4/c32-27(30-24-11-9-22(10-12-24)28(33)31-17-5-2-6-18-31)21-29-23-13-15-26(16-14-23)35-20-19-34-25-7-3-1-4-8-25/h1,3-4,7-16,29H,2,5-6,17-21H2,(H,30,32). The molecule has 0 atom stereocenters. The summed E-state index contributed by atoms with van der Waals surface area (Å²) in [5, 5.41) is 5.95. The molecule has 2 amide bonds. The van der Waals surface area contributed by atoms with E-state index in [1.807, 2.05) is 59.5 Å². The Kier molecular flexibility index (Phi) is 8.59. The van der Waals surface area contributed by atoms with Crippen LogP contribution in [0.3, 0.4) is 0 Å². The molecule has 1 saturated heterocycles. The first kappa shape index (κ1) is 24.1. The molecule has 1 heterocycles. The maximum atomic E-state index is 12.6. The minimum absolute atomic E-state index is 0.0559. The second-order valence-corrected chi connectivity index (χ2v) is 8.37. The van der Waals surface area contributed by atoms with Gasteiger partial charge in [-0.3, -0.25) is 9.59 Å². The van der Waals surface area contributed by atoms with Crippen LogP contribution in [0.2, 0.25) is 0 Å². The molecule has 0 bridgehead atoms. The fourth-order valence-electron chi connectivity index (χ4n) is 3.87. The van der Waals surface area contributed by atoms with Crippen molar-refractivity contribution in [3.63, 3.8) is 0 Å². The number of amides is 2. The van der Waals surface area contributed by atoms with Crippen molar-refractivity contribution in [3.05, 3.63) is 84.4 Å². The monoisotopic (exact) mass is 473 g/mol. The third kappa shape index (κ3) is 7.50. The highest BCUT2D eigenvalue weighted by Gasteiger charge is 2.18. The molecular formula is C28H31N3O4. The lowest BCUT2D eigenvalue weighted by Gasteiger charge is -2.26. The summed E-state index contributed by atoms with van der Waals surface area (Å²) in [4.78, 5) is 26.8. The van der Waals surface area contributed by atoms with E-state index >= 15 is 0 Å². The van der Waals surface area contributed by atoms with E-state index < -0.39 is 0 Å². The van der Waals surface area contributed by atoms with Gasteiger partial charge < -0.3 is 25.0 Å². The largest absolute Gasteiger partial charge is 0.490 e. The van der Waals surface area contributed by atoms with E-state index in [2.05, 4.69) is 10.6 Å². The predicted molar refractivity (Wildman–Crippen MR) is 137 cm³/mol. The van der Waals surface area contributed by atoms with Gasteiger partial charge in [0.1, 0.15) is 24.7 Å². The molecule has 7 heteroatoms. The molecule has 0 saturated carbocycles. The van der Waals surface area contributed by atoms with Crippen LogP contribution in [0.1, 0.15) is 29.6 Å². The van der Waals surface area contributed by atoms with Gasteiger partial charge in [0.2, 0.25) is 5.91 Å². The highest BCUT2D eigenvalue weighted by Crippen LogP contribution is 2.17. The van der Waals surface area contributed by atoms with Crippen molar-refractivity contribution < 1.29 is 19.1 Å². The van der Waals surface area contributed by atoms with Gasteiger partial charge in [-0.2, -0.15) is 0 Å². The summed E-state index contributed by atoms with van der Waals surface area (Å²) in [7, 11) is 0. The van der Waals surface area contributed by atoms with Gasteiger partial charge in [-0.05, 0) is 79.9 Å². The van der Waals surface area contributed by atoms with Crippen molar-refractivity contribution in [2.45, 2.75) is 19.3 Å². The summed E-state index contributed by atoms with van der Waals surface area (Å²) in [6.07, 6.45) is 3.31. The van der Waals surface area contributed by atoms with E-state index in [-0.39, 0.29) is 18.4 Å². The zero-order chi connectivity index (χ0) is 24.3. The first-order valence-corrected chi connectivity index (χ1v) is 12.0. The van der Waals surface area contributed by atoms with Crippen LogP contribution >= 0.6 is 0 Å². The second-order valence-electron chi connectivity index (χ2n) is 8.37. The number of rotatable bonds is 10. The quantitative estimate of drug-likeness (QED) is 0.413.